The third kappa shape index (κ3) is 4.32. The first-order valence-electron chi connectivity index (χ1n) is 8.00. The van der Waals surface area contributed by atoms with E-state index in [9.17, 15) is 13.2 Å². The average Bonchev–Trinajstić information content (AvgIpc) is 2.61. The van der Waals surface area contributed by atoms with Gasteiger partial charge in [-0.15, -0.1) is 0 Å². The van der Waals surface area contributed by atoms with Crippen molar-refractivity contribution in [1.29, 1.82) is 0 Å². The molecule has 24 heavy (non-hydrogen) atoms. The van der Waals surface area contributed by atoms with Crippen molar-refractivity contribution in [3.63, 3.8) is 0 Å². The van der Waals surface area contributed by atoms with Crippen molar-refractivity contribution in [2.75, 3.05) is 33.4 Å². The highest BCUT2D eigenvalue weighted by atomic mass is 32.2. The van der Waals surface area contributed by atoms with Gasteiger partial charge in [-0.05, 0) is 37.9 Å². The van der Waals surface area contributed by atoms with Crippen LogP contribution in [-0.4, -0.2) is 58.1 Å². The molecule has 134 valence electrons. The average molecular weight is 356 g/mol. The van der Waals surface area contributed by atoms with E-state index in [1.165, 1.54) is 23.5 Å². The molecule has 1 aromatic rings. The topological polar surface area (TPSA) is 98.9 Å². The molecule has 2 rings (SSSR count). The van der Waals surface area contributed by atoms with Crippen LogP contribution in [0, 0.1) is 0 Å². The number of ether oxygens (including phenoxy) is 2. The lowest BCUT2D eigenvalue weighted by Gasteiger charge is -2.31. The van der Waals surface area contributed by atoms with Crippen molar-refractivity contribution in [3.05, 3.63) is 29.8 Å². The van der Waals surface area contributed by atoms with Gasteiger partial charge < -0.3 is 15.2 Å². The van der Waals surface area contributed by atoms with Gasteiger partial charge in [-0.25, -0.2) is 13.2 Å². The summed E-state index contributed by atoms with van der Waals surface area (Å²) in [4.78, 5) is 11.8. The van der Waals surface area contributed by atoms with E-state index < -0.39 is 16.0 Å². The van der Waals surface area contributed by atoms with E-state index in [2.05, 4.69) is 4.74 Å². The molecule has 1 aliphatic rings. The molecule has 1 aromatic carbocycles. The van der Waals surface area contributed by atoms with Crippen LogP contribution in [0.1, 0.15) is 29.6 Å². The molecule has 0 radical (unpaired) electrons. The van der Waals surface area contributed by atoms with Gasteiger partial charge in [-0.3, -0.25) is 0 Å². The second kappa shape index (κ2) is 8.57. The van der Waals surface area contributed by atoms with Gasteiger partial charge in [0.05, 0.1) is 23.7 Å². The third-order valence-electron chi connectivity index (χ3n) is 4.01. The summed E-state index contributed by atoms with van der Waals surface area (Å²) in [6, 6.07) is 6.11. The number of hydrogen-bond donors (Lipinski definition) is 1. The molecule has 0 saturated carbocycles. The first-order valence-corrected chi connectivity index (χ1v) is 9.44. The summed E-state index contributed by atoms with van der Waals surface area (Å²) < 4.78 is 37.5. The summed E-state index contributed by atoms with van der Waals surface area (Å²) in [6.07, 6.45) is 2.11. The van der Waals surface area contributed by atoms with Crippen LogP contribution < -0.4 is 5.73 Å². The molecule has 1 aliphatic heterocycles. The number of benzene rings is 1. The Bertz CT molecular complexity index is 654. The highest BCUT2D eigenvalue weighted by Gasteiger charge is 2.32. The van der Waals surface area contributed by atoms with Crippen LogP contribution in [0.3, 0.4) is 0 Å². The fraction of sp³-hybridized carbons (Fsp3) is 0.562. The predicted molar refractivity (Wildman–Crippen MR) is 89.2 cm³/mol. The van der Waals surface area contributed by atoms with Crippen LogP contribution >= 0.6 is 0 Å². The minimum atomic E-state index is -3.74. The third-order valence-corrected chi connectivity index (χ3v) is 5.97. The summed E-state index contributed by atoms with van der Waals surface area (Å²) in [5.41, 5.74) is 5.49. The number of piperidine rings is 1. The molecule has 0 aliphatic carbocycles. The minimum Gasteiger partial charge on any atom is -0.465 e. The molecule has 0 unspecified atom stereocenters. The fourth-order valence-corrected chi connectivity index (χ4v) is 4.33. The van der Waals surface area contributed by atoms with Gasteiger partial charge in [-0.1, -0.05) is 12.1 Å². The molecule has 1 fully saturated rings. The number of hydrogen-bond acceptors (Lipinski definition) is 6. The van der Waals surface area contributed by atoms with Gasteiger partial charge >= 0.3 is 5.97 Å². The Morgan fingerprint density at radius 1 is 1.29 bits per heavy atom. The smallest absolute Gasteiger partial charge is 0.339 e. The largest absolute Gasteiger partial charge is 0.465 e. The maximum atomic E-state index is 12.9. The number of methoxy groups -OCH3 is 1. The Kier molecular flexibility index (Phi) is 6.73. The Morgan fingerprint density at radius 3 is 2.58 bits per heavy atom. The van der Waals surface area contributed by atoms with Crippen molar-refractivity contribution in [2.24, 2.45) is 5.73 Å². The first kappa shape index (κ1) is 18.9. The lowest BCUT2D eigenvalue weighted by molar-refractivity contribution is 0.0208. The Balaban J connectivity index is 2.09. The highest BCUT2D eigenvalue weighted by Crippen LogP contribution is 2.25. The monoisotopic (exact) mass is 356 g/mol. The Hall–Kier alpha value is -1.48. The molecule has 8 heteroatoms. The highest BCUT2D eigenvalue weighted by molar-refractivity contribution is 7.89. The molecule has 7 nitrogen and oxygen atoms in total. The predicted octanol–water partition coefficient (Wildman–Crippen LogP) is 0.992. The summed E-state index contributed by atoms with van der Waals surface area (Å²) in [6.45, 7) is 1.91. The van der Waals surface area contributed by atoms with Gasteiger partial charge in [0.15, 0.2) is 0 Å². The van der Waals surface area contributed by atoms with Crippen LogP contribution in [0.2, 0.25) is 0 Å². The van der Waals surface area contributed by atoms with Crippen LogP contribution in [0.25, 0.3) is 0 Å². The molecule has 0 atom stereocenters. The van der Waals surface area contributed by atoms with E-state index in [0.717, 1.165) is 6.42 Å². The number of carbonyl (C=O) groups excluding carboxylic acids is 1. The van der Waals surface area contributed by atoms with Crippen molar-refractivity contribution in [2.45, 2.75) is 30.3 Å². The van der Waals surface area contributed by atoms with Crippen LogP contribution in [-0.2, 0) is 19.5 Å². The zero-order valence-electron chi connectivity index (χ0n) is 13.8. The maximum absolute atomic E-state index is 12.9. The van der Waals surface area contributed by atoms with E-state index in [-0.39, 0.29) is 16.6 Å². The zero-order valence-corrected chi connectivity index (χ0v) is 14.6. The van der Waals surface area contributed by atoms with Crippen molar-refractivity contribution >= 4 is 16.0 Å². The standard InChI is InChI=1S/C16H24N2O5S/c1-22-16(19)14-5-2-3-6-15(14)24(20,21)18-10-7-13(8-11-18)23-12-4-9-17/h2-3,5-6,13H,4,7-12,17H2,1H3. The van der Waals surface area contributed by atoms with E-state index in [4.69, 9.17) is 10.5 Å². The quantitative estimate of drug-likeness (QED) is 0.578. The fourth-order valence-electron chi connectivity index (χ4n) is 2.68. The van der Waals surface area contributed by atoms with Gasteiger partial charge in [0.25, 0.3) is 0 Å². The Morgan fingerprint density at radius 2 is 1.96 bits per heavy atom. The van der Waals surface area contributed by atoms with Crippen molar-refractivity contribution in [1.82, 2.24) is 4.31 Å². The van der Waals surface area contributed by atoms with Gasteiger partial charge in [0, 0.05) is 19.7 Å². The molecule has 0 aromatic heterocycles. The summed E-state index contributed by atoms with van der Waals surface area (Å²) in [5.74, 6) is -0.658. The minimum absolute atomic E-state index is 0.0145. The number of esters is 1. The summed E-state index contributed by atoms with van der Waals surface area (Å²) in [5, 5.41) is 0. The molecule has 1 saturated heterocycles. The summed E-state index contributed by atoms with van der Waals surface area (Å²) in [7, 11) is -2.51. The van der Waals surface area contributed by atoms with Crippen LogP contribution in [0.15, 0.2) is 29.2 Å². The zero-order chi connectivity index (χ0) is 17.6. The molecule has 0 amide bonds. The summed E-state index contributed by atoms with van der Waals surface area (Å²) >= 11 is 0. The number of sulfonamides is 1. The normalized spacial score (nSPS) is 16.9. The molecular formula is C16H24N2O5S. The van der Waals surface area contributed by atoms with Gasteiger partial charge in [-0.2, -0.15) is 4.31 Å². The lowest BCUT2D eigenvalue weighted by Crippen LogP contribution is -2.41. The number of nitrogens with zero attached hydrogens (tertiary/aromatic N) is 1. The van der Waals surface area contributed by atoms with E-state index in [0.29, 0.717) is 39.1 Å². The van der Waals surface area contributed by atoms with E-state index in [1.54, 1.807) is 12.1 Å². The number of carbonyl (C=O) groups is 1. The molecular weight excluding hydrogens is 332 g/mol. The van der Waals surface area contributed by atoms with Crippen LogP contribution in [0.5, 0.6) is 0 Å². The molecule has 1 heterocycles. The Labute approximate surface area is 142 Å². The lowest BCUT2D eigenvalue weighted by atomic mass is 10.1. The second-order valence-electron chi connectivity index (χ2n) is 5.60. The van der Waals surface area contributed by atoms with E-state index >= 15 is 0 Å². The molecule has 2 N–H and O–H groups in total. The first-order chi connectivity index (χ1) is 11.5. The van der Waals surface area contributed by atoms with Gasteiger partial charge in [0.1, 0.15) is 0 Å². The SMILES string of the molecule is COC(=O)c1ccccc1S(=O)(=O)N1CCC(OCCCN)CC1. The van der Waals surface area contributed by atoms with Crippen molar-refractivity contribution in [3.8, 4) is 0 Å². The molecule has 0 spiro atoms. The number of nitrogens with two attached hydrogens (primary N) is 1. The molecule has 0 bridgehead atoms. The van der Waals surface area contributed by atoms with E-state index in [1.807, 2.05) is 0 Å². The van der Waals surface area contributed by atoms with Crippen LogP contribution in [0.4, 0.5) is 0 Å². The van der Waals surface area contributed by atoms with Gasteiger partial charge in [0.2, 0.25) is 10.0 Å². The second-order valence-corrected chi connectivity index (χ2v) is 7.51. The number of rotatable bonds is 7. The maximum Gasteiger partial charge on any atom is 0.339 e. The van der Waals surface area contributed by atoms with Crippen molar-refractivity contribution < 1.29 is 22.7 Å².